The molecule has 0 saturated heterocycles. The first kappa shape index (κ1) is 12.3. The minimum Gasteiger partial charge on any atom is -0.358 e. The molecule has 0 atom stereocenters. The Bertz CT molecular complexity index is 403. The molecule has 0 aromatic carbocycles. The largest absolute Gasteiger partial charge is 0.382 e. The second-order valence-corrected chi connectivity index (χ2v) is 3.49. The second kappa shape index (κ2) is 4.80. The Morgan fingerprint density at radius 2 is 2.27 bits per heavy atom. The first-order valence-corrected chi connectivity index (χ1v) is 5.15. The first-order chi connectivity index (χ1) is 6.97. The number of nitrogens with zero attached hydrogens (tertiary/aromatic N) is 2. The summed E-state index contributed by atoms with van der Waals surface area (Å²) < 4.78 is 24.9. The van der Waals surface area contributed by atoms with Crippen molar-refractivity contribution < 1.29 is 13.7 Å². The molecule has 0 aliphatic carbocycles. The highest BCUT2D eigenvalue weighted by molar-refractivity contribution is 9.08. The van der Waals surface area contributed by atoms with E-state index in [9.17, 15) is 18.9 Å². The summed E-state index contributed by atoms with van der Waals surface area (Å²) in [4.78, 5) is 13.1. The molecule has 1 heterocycles. The van der Waals surface area contributed by atoms with Crippen LogP contribution >= 0.6 is 27.5 Å². The van der Waals surface area contributed by atoms with Gasteiger partial charge in [-0.15, -0.1) is 0 Å². The van der Waals surface area contributed by atoms with Gasteiger partial charge in [0.25, 0.3) is 6.43 Å². The average Bonchev–Trinajstić information content (AvgIpc) is 2.16. The minimum absolute atomic E-state index is 0.00465. The van der Waals surface area contributed by atoms with Crippen LogP contribution in [-0.2, 0) is 5.33 Å². The van der Waals surface area contributed by atoms with Crippen LogP contribution in [0.15, 0.2) is 6.07 Å². The highest BCUT2D eigenvalue weighted by Gasteiger charge is 2.24. The molecule has 15 heavy (non-hydrogen) atoms. The van der Waals surface area contributed by atoms with E-state index in [0.717, 1.165) is 6.07 Å². The van der Waals surface area contributed by atoms with E-state index < -0.39 is 22.7 Å². The van der Waals surface area contributed by atoms with E-state index in [4.69, 9.17) is 11.6 Å². The lowest BCUT2D eigenvalue weighted by molar-refractivity contribution is -0.389. The van der Waals surface area contributed by atoms with Crippen LogP contribution in [0.2, 0.25) is 5.02 Å². The molecule has 0 fully saturated rings. The predicted molar refractivity (Wildman–Crippen MR) is 53.5 cm³/mol. The van der Waals surface area contributed by atoms with E-state index in [1.165, 1.54) is 0 Å². The highest BCUT2D eigenvalue weighted by Crippen LogP contribution is 2.31. The summed E-state index contributed by atoms with van der Waals surface area (Å²) in [7, 11) is 0. The molecule has 8 heteroatoms. The summed E-state index contributed by atoms with van der Waals surface area (Å²) in [6.45, 7) is 0. The van der Waals surface area contributed by atoms with Crippen molar-refractivity contribution in [2.45, 2.75) is 11.8 Å². The summed E-state index contributed by atoms with van der Waals surface area (Å²) >= 11 is 8.37. The summed E-state index contributed by atoms with van der Waals surface area (Å²) in [5, 5.41) is 10.0. The Balaban J connectivity index is 3.35. The smallest absolute Gasteiger partial charge is 0.358 e. The summed E-state index contributed by atoms with van der Waals surface area (Å²) in [6.07, 6.45) is -2.76. The van der Waals surface area contributed by atoms with Crippen LogP contribution < -0.4 is 0 Å². The SMILES string of the molecule is O=[N+]([O-])c1nc(CBr)c(C(F)F)cc1Cl. The summed E-state index contributed by atoms with van der Waals surface area (Å²) in [5.41, 5.74) is -0.483. The van der Waals surface area contributed by atoms with Crippen molar-refractivity contribution in [1.82, 2.24) is 4.98 Å². The van der Waals surface area contributed by atoms with Crippen molar-refractivity contribution in [3.8, 4) is 0 Å². The number of pyridine rings is 1. The fraction of sp³-hybridized carbons (Fsp3) is 0.286. The van der Waals surface area contributed by atoms with Crippen LogP contribution in [0.25, 0.3) is 0 Å². The van der Waals surface area contributed by atoms with Crippen LogP contribution in [0.4, 0.5) is 14.6 Å². The minimum atomic E-state index is -2.76. The van der Waals surface area contributed by atoms with Gasteiger partial charge in [-0.3, -0.25) is 0 Å². The number of hydrogen-bond acceptors (Lipinski definition) is 3. The molecule has 1 rings (SSSR count). The third-order valence-corrected chi connectivity index (χ3v) is 2.41. The lowest BCUT2D eigenvalue weighted by Crippen LogP contribution is -2.01. The van der Waals surface area contributed by atoms with Crippen molar-refractivity contribution in [3.63, 3.8) is 0 Å². The molecular formula is C7H4BrClF2N2O2. The van der Waals surface area contributed by atoms with E-state index in [-0.39, 0.29) is 16.0 Å². The van der Waals surface area contributed by atoms with Gasteiger partial charge in [-0.05, 0) is 16.0 Å². The third-order valence-electron chi connectivity index (χ3n) is 1.60. The van der Waals surface area contributed by atoms with E-state index in [0.29, 0.717) is 0 Å². The lowest BCUT2D eigenvalue weighted by Gasteiger charge is -2.03. The zero-order valence-electron chi connectivity index (χ0n) is 7.08. The molecular weight excluding hydrogens is 297 g/mol. The van der Waals surface area contributed by atoms with Crippen molar-refractivity contribution in [2.24, 2.45) is 0 Å². The van der Waals surface area contributed by atoms with Crippen LogP contribution in [0, 0.1) is 10.1 Å². The van der Waals surface area contributed by atoms with Crippen LogP contribution in [0.1, 0.15) is 17.7 Å². The van der Waals surface area contributed by atoms with Crippen LogP contribution in [-0.4, -0.2) is 9.91 Å². The molecule has 0 amide bonds. The molecule has 0 N–H and O–H groups in total. The molecule has 0 unspecified atom stereocenters. The van der Waals surface area contributed by atoms with Gasteiger partial charge in [-0.25, -0.2) is 8.78 Å². The Kier molecular flexibility index (Phi) is 3.92. The number of rotatable bonds is 3. The van der Waals surface area contributed by atoms with Crippen LogP contribution in [0.3, 0.4) is 0 Å². The molecule has 0 saturated carbocycles. The maximum Gasteiger partial charge on any atom is 0.382 e. The van der Waals surface area contributed by atoms with Gasteiger partial charge < -0.3 is 10.1 Å². The molecule has 82 valence electrons. The van der Waals surface area contributed by atoms with Gasteiger partial charge in [0.05, 0.1) is 10.9 Å². The molecule has 0 aliphatic rings. The molecule has 0 radical (unpaired) electrons. The van der Waals surface area contributed by atoms with Crippen molar-refractivity contribution >= 4 is 33.3 Å². The standard InChI is InChI=1S/C7H4BrClF2N2O2/c8-2-5-3(6(10)11)1-4(9)7(12-5)13(14)15/h1,6H,2H2. The Hall–Kier alpha value is -0.820. The molecule has 1 aromatic rings. The van der Waals surface area contributed by atoms with Crippen molar-refractivity contribution in [1.29, 1.82) is 0 Å². The second-order valence-electron chi connectivity index (χ2n) is 2.52. The van der Waals surface area contributed by atoms with Crippen molar-refractivity contribution in [2.75, 3.05) is 0 Å². The van der Waals surface area contributed by atoms with Gasteiger partial charge in [0.1, 0.15) is 5.02 Å². The maximum absolute atomic E-state index is 12.4. The normalized spacial score (nSPS) is 10.7. The summed E-state index contributed by atoms with van der Waals surface area (Å²) in [5.74, 6) is -0.615. The number of hydrogen-bond donors (Lipinski definition) is 0. The Morgan fingerprint density at radius 1 is 1.67 bits per heavy atom. The summed E-state index contributed by atoms with van der Waals surface area (Å²) in [6, 6.07) is 0.869. The van der Waals surface area contributed by atoms with E-state index >= 15 is 0 Å². The fourth-order valence-corrected chi connectivity index (χ4v) is 1.63. The van der Waals surface area contributed by atoms with Gasteiger partial charge in [0.2, 0.25) is 0 Å². The monoisotopic (exact) mass is 300 g/mol. The molecule has 4 nitrogen and oxygen atoms in total. The third kappa shape index (κ3) is 2.60. The van der Waals surface area contributed by atoms with Gasteiger partial charge >= 0.3 is 5.82 Å². The quantitative estimate of drug-likeness (QED) is 0.488. The van der Waals surface area contributed by atoms with E-state index in [2.05, 4.69) is 20.9 Å². The lowest BCUT2D eigenvalue weighted by atomic mass is 10.2. The Labute approximate surface area is 96.5 Å². The van der Waals surface area contributed by atoms with Gasteiger partial charge in [0.15, 0.2) is 5.69 Å². The van der Waals surface area contributed by atoms with Crippen LogP contribution in [0.5, 0.6) is 0 Å². The molecule has 0 aliphatic heterocycles. The number of nitro groups is 1. The number of halogens is 4. The van der Waals surface area contributed by atoms with Gasteiger partial charge in [-0.1, -0.05) is 27.5 Å². The topological polar surface area (TPSA) is 56.0 Å². The number of aromatic nitrogens is 1. The fourth-order valence-electron chi connectivity index (χ4n) is 0.954. The van der Waals surface area contributed by atoms with Gasteiger partial charge in [-0.2, -0.15) is 0 Å². The average molecular weight is 301 g/mol. The number of alkyl halides is 3. The van der Waals surface area contributed by atoms with Crippen molar-refractivity contribution in [3.05, 3.63) is 32.5 Å². The maximum atomic E-state index is 12.4. The highest BCUT2D eigenvalue weighted by atomic mass is 79.9. The van der Waals surface area contributed by atoms with E-state index in [1.807, 2.05) is 0 Å². The first-order valence-electron chi connectivity index (χ1n) is 3.65. The predicted octanol–water partition coefficient (Wildman–Crippen LogP) is 3.48. The molecule has 1 aromatic heterocycles. The van der Waals surface area contributed by atoms with Gasteiger partial charge in [0, 0.05) is 0 Å². The Morgan fingerprint density at radius 3 is 2.67 bits per heavy atom. The molecule has 0 bridgehead atoms. The molecule has 0 spiro atoms. The zero-order valence-corrected chi connectivity index (χ0v) is 9.43. The zero-order chi connectivity index (χ0) is 11.6. The van der Waals surface area contributed by atoms with E-state index in [1.54, 1.807) is 0 Å².